The lowest BCUT2D eigenvalue weighted by molar-refractivity contribution is -0.141. The van der Waals surface area contributed by atoms with Crippen molar-refractivity contribution >= 4 is 0 Å². The number of hydrogen-bond donors (Lipinski definition) is 1. The van der Waals surface area contributed by atoms with E-state index in [0.717, 1.165) is 22.9 Å². The van der Waals surface area contributed by atoms with Gasteiger partial charge in [-0.05, 0) is 42.3 Å². The molecule has 25 heavy (non-hydrogen) atoms. The molecule has 0 bridgehead atoms. The van der Waals surface area contributed by atoms with Crippen LogP contribution in [-0.4, -0.2) is 14.8 Å². The van der Waals surface area contributed by atoms with E-state index in [4.69, 9.17) is 0 Å². The highest BCUT2D eigenvalue weighted by Crippen LogP contribution is 2.27. The van der Waals surface area contributed by atoms with Crippen LogP contribution < -0.4 is 5.32 Å². The van der Waals surface area contributed by atoms with Crippen LogP contribution in [0.15, 0.2) is 54.9 Å². The summed E-state index contributed by atoms with van der Waals surface area (Å²) in [4.78, 5) is 4.24. The molecule has 130 valence electrons. The molecule has 0 aliphatic carbocycles. The molecular formula is C18H17F3N4. The zero-order valence-corrected chi connectivity index (χ0v) is 13.6. The van der Waals surface area contributed by atoms with Crippen LogP contribution >= 0.6 is 0 Å². The van der Waals surface area contributed by atoms with Crippen molar-refractivity contribution < 1.29 is 13.2 Å². The summed E-state index contributed by atoms with van der Waals surface area (Å²) in [5, 5.41) is 6.87. The number of aryl methyl sites for hydroxylation is 1. The fourth-order valence-electron chi connectivity index (χ4n) is 2.34. The Morgan fingerprint density at radius 3 is 2.24 bits per heavy atom. The fourth-order valence-corrected chi connectivity index (χ4v) is 2.34. The van der Waals surface area contributed by atoms with Crippen molar-refractivity contribution in [1.29, 1.82) is 0 Å². The Hall–Kier alpha value is -2.67. The van der Waals surface area contributed by atoms with Gasteiger partial charge < -0.3 is 5.32 Å². The average Bonchev–Trinajstić information content (AvgIpc) is 3.08. The van der Waals surface area contributed by atoms with E-state index in [-0.39, 0.29) is 0 Å². The molecule has 4 nitrogen and oxygen atoms in total. The summed E-state index contributed by atoms with van der Waals surface area (Å²) < 4.78 is 39.0. The van der Waals surface area contributed by atoms with Crippen LogP contribution in [0.4, 0.5) is 13.2 Å². The second-order valence-electron chi connectivity index (χ2n) is 5.72. The lowest BCUT2D eigenvalue weighted by atomic mass is 10.2. The maximum absolute atomic E-state index is 12.6. The fraction of sp³-hybridized carbons (Fsp3) is 0.222. The molecule has 7 heteroatoms. The topological polar surface area (TPSA) is 42.7 Å². The number of pyridine rings is 1. The number of nitrogens with zero attached hydrogens (tertiary/aromatic N) is 3. The third kappa shape index (κ3) is 4.45. The van der Waals surface area contributed by atoms with E-state index in [1.54, 1.807) is 12.1 Å². The molecule has 0 saturated carbocycles. The number of nitrogens with one attached hydrogen (secondary N) is 1. The maximum Gasteiger partial charge on any atom is 0.435 e. The minimum absolute atomic E-state index is 0.585. The molecule has 0 unspecified atom stereocenters. The van der Waals surface area contributed by atoms with Gasteiger partial charge in [0, 0.05) is 31.2 Å². The summed E-state index contributed by atoms with van der Waals surface area (Å²) in [5.41, 5.74) is 2.80. The number of hydrogen-bond acceptors (Lipinski definition) is 3. The molecule has 0 spiro atoms. The summed E-state index contributed by atoms with van der Waals surface area (Å²) in [6.45, 7) is 3.29. The number of rotatable bonds is 5. The van der Waals surface area contributed by atoms with Gasteiger partial charge in [0.2, 0.25) is 0 Å². The largest absolute Gasteiger partial charge is 0.435 e. The first-order valence-corrected chi connectivity index (χ1v) is 7.76. The smallest absolute Gasteiger partial charge is 0.309 e. The number of alkyl halides is 3. The molecule has 0 atom stereocenters. The van der Waals surface area contributed by atoms with Gasteiger partial charge in [-0.25, -0.2) is 4.68 Å². The van der Waals surface area contributed by atoms with Crippen LogP contribution in [0.1, 0.15) is 22.5 Å². The monoisotopic (exact) mass is 346 g/mol. The lowest BCUT2D eigenvalue weighted by Crippen LogP contribution is -2.13. The molecule has 0 fully saturated rings. The highest BCUT2D eigenvalue weighted by molar-refractivity contribution is 5.34. The third-order valence-electron chi connectivity index (χ3n) is 3.71. The van der Waals surface area contributed by atoms with Crippen LogP contribution in [0.3, 0.4) is 0 Å². The van der Waals surface area contributed by atoms with Gasteiger partial charge in [0.15, 0.2) is 5.69 Å². The average molecular weight is 346 g/mol. The molecule has 1 aromatic carbocycles. The Balaban J connectivity index is 1.58. The minimum atomic E-state index is -4.43. The van der Waals surface area contributed by atoms with Crippen LogP contribution in [0.2, 0.25) is 0 Å². The second-order valence-corrected chi connectivity index (χ2v) is 5.72. The first-order chi connectivity index (χ1) is 11.9. The van der Waals surface area contributed by atoms with Crippen molar-refractivity contribution in [2.75, 3.05) is 0 Å². The summed E-state index contributed by atoms with van der Waals surface area (Å²) in [7, 11) is 0. The minimum Gasteiger partial charge on any atom is -0.309 e. The Morgan fingerprint density at radius 2 is 1.64 bits per heavy atom. The molecule has 0 radical (unpaired) electrons. The predicted molar refractivity (Wildman–Crippen MR) is 88.1 cm³/mol. The van der Waals surface area contributed by atoms with E-state index >= 15 is 0 Å². The van der Waals surface area contributed by atoms with Crippen LogP contribution in [0.25, 0.3) is 5.69 Å². The molecule has 0 amide bonds. The third-order valence-corrected chi connectivity index (χ3v) is 3.71. The SMILES string of the molecule is Cc1ccc(CNCc2ccc(-n3ccc(C(F)(F)F)n3)cc2)cn1. The molecule has 2 heterocycles. The van der Waals surface area contributed by atoms with Crippen molar-refractivity contribution in [3.63, 3.8) is 0 Å². The Morgan fingerprint density at radius 1 is 0.960 bits per heavy atom. The predicted octanol–water partition coefficient (Wildman–Crippen LogP) is 3.88. The number of aromatic nitrogens is 3. The summed E-state index contributed by atoms with van der Waals surface area (Å²) >= 11 is 0. The van der Waals surface area contributed by atoms with Gasteiger partial charge >= 0.3 is 6.18 Å². The van der Waals surface area contributed by atoms with E-state index < -0.39 is 11.9 Å². The Labute approximate surface area is 143 Å². The highest BCUT2D eigenvalue weighted by atomic mass is 19.4. The molecule has 3 rings (SSSR count). The van der Waals surface area contributed by atoms with E-state index in [1.807, 2.05) is 37.4 Å². The van der Waals surface area contributed by atoms with Crippen LogP contribution in [0, 0.1) is 6.92 Å². The maximum atomic E-state index is 12.6. The van der Waals surface area contributed by atoms with Crippen molar-refractivity contribution in [2.45, 2.75) is 26.2 Å². The van der Waals surface area contributed by atoms with Gasteiger partial charge in [0.1, 0.15) is 0 Å². The summed E-state index contributed by atoms with van der Waals surface area (Å²) in [5.74, 6) is 0. The first kappa shape index (κ1) is 17.2. The van der Waals surface area contributed by atoms with Crippen molar-refractivity contribution in [1.82, 2.24) is 20.1 Å². The van der Waals surface area contributed by atoms with E-state index in [1.165, 1.54) is 10.9 Å². The lowest BCUT2D eigenvalue weighted by Gasteiger charge is -2.07. The molecule has 0 aliphatic heterocycles. The van der Waals surface area contributed by atoms with E-state index in [9.17, 15) is 13.2 Å². The molecule has 2 aromatic heterocycles. The van der Waals surface area contributed by atoms with Crippen molar-refractivity contribution in [3.8, 4) is 5.69 Å². The zero-order chi connectivity index (χ0) is 17.9. The van der Waals surface area contributed by atoms with Gasteiger partial charge in [-0.3, -0.25) is 4.98 Å². The Kier molecular flexibility index (Phi) is 4.85. The zero-order valence-electron chi connectivity index (χ0n) is 13.6. The van der Waals surface area contributed by atoms with Crippen molar-refractivity contribution in [3.05, 3.63) is 77.4 Å². The van der Waals surface area contributed by atoms with Crippen LogP contribution in [-0.2, 0) is 19.3 Å². The Bertz CT molecular complexity index is 821. The number of halogens is 3. The summed E-state index contributed by atoms with van der Waals surface area (Å²) in [6, 6.07) is 12.2. The molecule has 0 saturated heterocycles. The molecular weight excluding hydrogens is 329 g/mol. The standard InChI is InChI=1S/C18H17F3N4/c1-13-2-3-15(12-23-13)11-22-10-14-4-6-16(7-5-14)25-9-8-17(24-25)18(19,20)21/h2-9,12,22H,10-11H2,1H3. The highest BCUT2D eigenvalue weighted by Gasteiger charge is 2.33. The van der Waals surface area contributed by atoms with Crippen LogP contribution in [0.5, 0.6) is 0 Å². The van der Waals surface area contributed by atoms with E-state index in [0.29, 0.717) is 18.8 Å². The normalized spacial score (nSPS) is 11.7. The quantitative estimate of drug-likeness (QED) is 0.762. The molecule has 3 aromatic rings. The van der Waals surface area contributed by atoms with Gasteiger partial charge in [0.25, 0.3) is 0 Å². The van der Waals surface area contributed by atoms with Gasteiger partial charge in [-0.2, -0.15) is 18.3 Å². The van der Waals surface area contributed by atoms with Gasteiger partial charge in [0.05, 0.1) is 5.69 Å². The van der Waals surface area contributed by atoms with E-state index in [2.05, 4.69) is 15.4 Å². The first-order valence-electron chi connectivity index (χ1n) is 7.76. The number of benzene rings is 1. The molecule has 1 N–H and O–H groups in total. The second kappa shape index (κ2) is 7.06. The van der Waals surface area contributed by atoms with Gasteiger partial charge in [-0.1, -0.05) is 18.2 Å². The molecule has 0 aliphatic rings. The van der Waals surface area contributed by atoms with Crippen molar-refractivity contribution in [2.24, 2.45) is 0 Å². The summed E-state index contributed by atoms with van der Waals surface area (Å²) in [6.07, 6.45) is -1.29. The van der Waals surface area contributed by atoms with Gasteiger partial charge in [-0.15, -0.1) is 0 Å².